The Kier molecular flexibility index (Phi) is 2.14. The van der Waals surface area contributed by atoms with E-state index in [4.69, 9.17) is 11.6 Å². The lowest BCUT2D eigenvalue weighted by molar-refractivity contribution is 1.63. The minimum absolute atomic E-state index is 0.796. The lowest BCUT2D eigenvalue weighted by Crippen LogP contribution is -1.68. The van der Waals surface area contributed by atoms with Crippen LogP contribution >= 0.6 is 34.2 Å². The van der Waals surface area contributed by atoms with E-state index in [0.717, 1.165) is 8.59 Å². The van der Waals surface area contributed by atoms with Crippen molar-refractivity contribution in [3.63, 3.8) is 0 Å². The van der Waals surface area contributed by atoms with Crippen molar-refractivity contribution in [2.24, 2.45) is 0 Å². The summed E-state index contributed by atoms with van der Waals surface area (Å²) < 4.78 is 1.05. The maximum Gasteiger partial charge on any atom is 0.0539 e. The molecule has 0 saturated heterocycles. The standard InChI is InChI=1S/C6H3ClI/c7-5-3-1-2-4-6(5)8/h1,3-4H. The Morgan fingerprint density at radius 1 is 1.62 bits per heavy atom. The van der Waals surface area contributed by atoms with Gasteiger partial charge in [0, 0.05) is 3.57 Å². The van der Waals surface area contributed by atoms with Crippen LogP contribution in [-0.2, 0) is 0 Å². The summed E-state index contributed by atoms with van der Waals surface area (Å²) in [7, 11) is 0. The molecular formula is C6H3ClI. The fraction of sp³-hybridized carbons (Fsp3) is 0. The van der Waals surface area contributed by atoms with Crippen molar-refractivity contribution in [1.29, 1.82) is 0 Å². The Morgan fingerprint density at radius 2 is 2.38 bits per heavy atom. The van der Waals surface area contributed by atoms with Crippen molar-refractivity contribution in [2.75, 3.05) is 0 Å². The summed E-state index contributed by atoms with van der Waals surface area (Å²) in [6.45, 7) is 0. The molecular weight excluding hydrogens is 234 g/mol. The monoisotopic (exact) mass is 237 g/mol. The van der Waals surface area contributed by atoms with Crippen LogP contribution in [0.4, 0.5) is 0 Å². The normalized spacial score (nSPS) is 9.25. The Balaban J connectivity index is 3.13. The maximum atomic E-state index is 5.68. The second-order valence-electron chi connectivity index (χ2n) is 1.34. The van der Waals surface area contributed by atoms with E-state index in [9.17, 15) is 0 Å². The van der Waals surface area contributed by atoms with E-state index in [2.05, 4.69) is 28.7 Å². The van der Waals surface area contributed by atoms with Crippen LogP contribution in [0.25, 0.3) is 0 Å². The largest absolute Gasteiger partial charge is 0.0832 e. The van der Waals surface area contributed by atoms with Gasteiger partial charge in [0.1, 0.15) is 0 Å². The van der Waals surface area contributed by atoms with Crippen LogP contribution in [0, 0.1) is 9.64 Å². The van der Waals surface area contributed by atoms with Crippen molar-refractivity contribution >= 4 is 34.2 Å². The first kappa shape index (κ1) is 6.36. The summed E-state index contributed by atoms with van der Waals surface area (Å²) in [5, 5.41) is 0.796. The summed E-state index contributed by atoms with van der Waals surface area (Å²) >= 11 is 7.84. The number of halogens is 2. The third-order valence-electron chi connectivity index (χ3n) is 0.764. The summed E-state index contributed by atoms with van der Waals surface area (Å²) in [5.41, 5.74) is 0. The van der Waals surface area contributed by atoms with Crippen LogP contribution in [-0.4, -0.2) is 0 Å². The lowest BCUT2D eigenvalue weighted by atomic mass is 10.4. The zero-order valence-electron chi connectivity index (χ0n) is 3.99. The van der Waals surface area contributed by atoms with E-state index in [1.165, 1.54) is 0 Å². The van der Waals surface area contributed by atoms with Gasteiger partial charge in [-0.25, -0.2) is 0 Å². The molecule has 1 rings (SSSR count). The minimum Gasteiger partial charge on any atom is -0.0832 e. The van der Waals surface area contributed by atoms with Crippen molar-refractivity contribution in [3.05, 3.63) is 32.9 Å². The number of benzene rings is 1. The number of hydrogen-bond acceptors (Lipinski definition) is 0. The molecule has 2 heteroatoms. The molecule has 41 valence electrons. The molecule has 8 heavy (non-hydrogen) atoms. The van der Waals surface area contributed by atoms with Gasteiger partial charge in [-0.2, -0.15) is 0 Å². The van der Waals surface area contributed by atoms with E-state index < -0.39 is 0 Å². The second kappa shape index (κ2) is 2.69. The highest BCUT2D eigenvalue weighted by atomic mass is 127. The summed E-state index contributed by atoms with van der Waals surface area (Å²) in [6.07, 6.45) is 0. The SMILES string of the molecule is Clc1cc[c]cc1I. The third kappa shape index (κ3) is 1.36. The topological polar surface area (TPSA) is 0 Å². The van der Waals surface area contributed by atoms with E-state index >= 15 is 0 Å². The van der Waals surface area contributed by atoms with Gasteiger partial charge >= 0.3 is 0 Å². The van der Waals surface area contributed by atoms with E-state index in [1.807, 2.05) is 12.1 Å². The summed E-state index contributed by atoms with van der Waals surface area (Å²) in [5.74, 6) is 0. The van der Waals surface area contributed by atoms with E-state index in [0.29, 0.717) is 0 Å². The first-order chi connectivity index (χ1) is 3.80. The first-order valence-corrected chi connectivity index (χ1v) is 3.57. The first-order valence-electron chi connectivity index (χ1n) is 2.12. The molecule has 0 spiro atoms. The fourth-order valence-corrected chi connectivity index (χ4v) is 0.868. The van der Waals surface area contributed by atoms with Gasteiger partial charge in [0.05, 0.1) is 5.02 Å². The average Bonchev–Trinajstić information content (AvgIpc) is 1.77. The Labute approximate surface area is 67.0 Å². The lowest BCUT2D eigenvalue weighted by Gasteiger charge is -1.88. The molecule has 0 atom stereocenters. The van der Waals surface area contributed by atoms with Gasteiger partial charge in [-0.3, -0.25) is 0 Å². The number of hydrogen-bond donors (Lipinski definition) is 0. The minimum atomic E-state index is 0.796. The highest BCUT2D eigenvalue weighted by Crippen LogP contribution is 2.15. The van der Waals surface area contributed by atoms with Crippen molar-refractivity contribution < 1.29 is 0 Å². The molecule has 0 unspecified atom stereocenters. The van der Waals surface area contributed by atoms with Crippen LogP contribution in [0.5, 0.6) is 0 Å². The molecule has 0 heterocycles. The van der Waals surface area contributed by atoms with Crippen molar-refractivity contribution in [3.8, 4) is 0 Å². The average molecular weight is 237 g/mol. The highest BCUT2D eigenvalue weighted by molar-refractivity contribution is 14.1. The highest BCUT2D eigenvalue weighted by Gasteiger charge is 1.89. The Hall–Kier alpha value is 0.240. The van der Waals surface area contributed by atoms with Gasteiger partial charge in [-0.05, 0) is 40.8 Å². The van der Waals surface area contributed by atoms with Crippen LogP contribution in [0.15, 0.2) is 18.2 Å². The second-order valence-corrected chi connectivity index (χ2v) is 2.91. The zero-order valence-corrected chi connectivity index (χ0v) is 6.90. The van der Waals surface area contributed by atoms with Crippen molar-refractivity contribution in [2.45, 2.75) is 0 Å². The van der Waals surface area contributed by atoms with Gasteiger partial charge in [0.15, 0.2) is 0 Å². The van der Waals surface area contributed by atoms with Gasteiger partial charge in [0.2, 0.25) is 0 Å². The van der Waals surface area contributed by atoms with Gasteiger partial charge in [-0.1, -0.05) is 17.7 Å². The zero-order chi connectivity index (χ0) is 5.98. The van der Waals surface area contributed by atoms with Crippen LogP contribution in [0.1, 0.15) is 0 Å². The van der Waals surface area contributed by atoms with Crippen molar-refractivity contribution in [1.82, 2.24) is 0 Å². The molecule has 0 aromatic heterocycles. The summed E-state index contributed by atoms with van der Waals surface area (Å²) in [4.78, 5) is 0. The molecule has 0 aliphatic carbocycles. The molecule has 0 saturated carbocycles. The van der Waals surface area contributed by atoms with Crippen LogP contribution in [0.3, 0.4) is 0 Å². The fourth-order valence-electron chi connectivity index (χ4n) is 0.391. The quantitative estimate of drug-likeness (QED) is 0.609. The molecule has 1 aromatic rings. The smallest absolute Gasteiger partial charge is 0.0539 e. The molecule has 0 aliphatic heterocycles. The van der Waals surface area contributed by atoms with Gasteiger partial charge < -0.3 is 0 Å². The van der Waals surface area contributed by atoms with Crippen LogP contribution < -0.4 is 0 Å². The van der Waals surface area contributed by atoms with Gasteiger partial charge in [-0.15, -0.1) is 0 Å². The maximum absolute atomic E-state index is 5.68. The molecule has 0 bridgehead atoms. The molecule has 0 aliphatic rings. The molecule has 0 nitrogen and oxygen atoms in total. The molecule has 1 aromatic carbocycles. The molecule has 0 N–H and O–H groups in total. The van der Waals surface area contributed by atoms with Gasteiger partial charge in [0.25, 0.3) is 0 Å². The van der Waals surface area contributed by atoms with E-state index in [1.54, 1.807) is 6.07 Å². The predicted octanol–water partition coefficient (Wildman–Crippen LogP) is 2.74. The summed E-state index contributed by atoms with van der Waals surface area (Å²) in [6, 6.07) is 8.38. The molecule has 1 radical (unpaired) electrons. The van der Waals surface area contributed by atoms with E-state index in [-0.39, 0.29) is 0 Å². The molecule has 0 amide bonds. The third-order valence-corrected chi connectivity index (χ3v) is 2.31. The molecule has 0 fully saturated rings. The predicted molar refractivity (Wildman–Crippen MR) is 43.0 cm³/mol. The van der Waals surface area contributed by atoms with Crippen LogP contribution in [0.2, 0.25) is 5.02 Å². The Morgan fingerprint density at radius 3 is 2.75 bits per heavy atom. The Bertz CT molecular complexity index is 165. The number of rotatable bonds is 0.